The van der Waals surface area contributed by atoms with E-state index in [0.29, 0.717) is 16.5 Å². The van der Waals surface area contributed by atoms with Gasteiger partial charge >= 0.3 is 0 Å². The van der Waals surface area contributed by atoms with Crippen LogP contribution in [-0.4, -0.2) is 27.6 Å². The standard InChI is InChI=1S/C17H14BrN3O2S2/c18-12-1-2-14-11(7-12)3-4-20(14)16(23)10-24-9-13-8-15(22)21-5-6-25-17(21)19-13/h1-2,5-8H,3-4,9-10H2. The van der Waals surface area contributed by atoms with Crippen molar-refractivity contribution in [2.24, 2.45) is 0 Å². The van der Waals surface area contributed by atoms with E-state index in [0.717, 1.165) is 28.8 Å². The molecule has 8 heteroatoms. The van der Waals surface area contributed by atoms with Crippen LogP contribution in [0, 0.1) is 0 Å². The molecule has 0 bridgehead atoms. The lowest BCUT2D eigenvalue weighted by Gasteiger charge is -2.17. The Balaban J connectivity index is 1.40. The fourth-order valence-electron chi connectivity index (χ4n) is 2.91. The Bertz CT molecular complexity index is 1010. The summed E-state index contributed by atoms with van der Waals surface area (Å²) < 4.78 is 2.57. The van der Waals surface area contributed by atoms with Gasteiger partial charge < -0.3 is 4.90 Å². The van der Waals surface area contributed by atoms with Crippen LogP contribution in [0.1, 0.15) is 11.3 Å². The van der Waals surface area contributed by atoms with E-state index in [-0.39, 0.29) is 11.5 Å². The summed E-state index contributed by atoms with van der Waals surface area (Å²) in [6.45, 7) is 0.728. The van der Waals surface area contributed by atoms with E-state index in [1.807, 2.05) is 22.4 Å². The van der Waals surface area contributed by atoms with Gasteiger partial charge in [0.15, 0.2) is 4.96 Å². The van der Waals surface area contributed by atoms with Crippen molar-refractivity contribution < 1.29 is 4.79 Å². The Morgan fingerprint density at radius 2 is 2.24 bits per heavy atom. The number of halogens is 1. The first-order valence-electron chi connectivity index (χ1n) is 7.74. The zero-order valence-electron chi connectivity index (χ0n) is 13.1. The van der Waals surface area contributed by atoms with E-state index in [2.05, 4.69) is 27.0 Å². The predicted octanol–water partition coefficient (Wildman–Crippen LogP) is 3.34. The molecule has 3 heterocycles. The topological polar surface area (TPSA) is 54.7 Å². The normalized spacial score (nSPS) is 13.4. The van der Waals surface area contributed by atoms with Crippen LogP contribution in [-0.2, 0) is 17.0 Å². The van der Waals surface area contributed by atoms with Crippen molar-refractivity contribution in [3.8, 4) is 0 Å². The highest BCUT2D eigenvalue weighted by atomic mass is 79.9. The Kier molecular flexibility index (Phi) is 4.66. The lowest BCUT2D eigenvalue weighted by Crippen LogP contribution is -2.30. The van der Waals surface area contributed by atoms with Gasteiger partial charge in [-0.25, -0.2) is 4.98 Å². The number of hydrogen-bond acceptors (Lipinski definition) is 5. The third-order valence-corrected chi connectivity index (χ3v) is 6.27. The van der Waals surface area contributed by atoms with Crippen molar-refractivity contribution in [1.82, 2.24) is 9.38 Å². The average Bonchev–Trinajstić information content (AvgIpc) is 3.21. The molecule has 0 saturated carbocycles. The van der Waals surface area contributed by atoms with Crippen LogP contribution in [0.5, 0.6) is 0 Å². The van der Waals surface area contributed by atoms with E-state index in [9.17, 15) is 9.59 Å². The van der Waals surface area contributed by atoms with Crippen molar-refractivity contribution in [3.05, 3.63) is 61.9 Å². The number of nitrogens with zero attached hydrogens (tertiary/aromatic N) is 3. The van der Waals surface area contributed by atoms with Gasteiger partial charge in [-0.15, -0.1) is 23.1 Å². The number of hydrogen-bond donors (Lipinski definition) is 0. The second kappa shape index (κ2) is 6.93. The SMILES string of the molecule is O=C(CSCc1cc(=O)n2ccsc2n1)N1CCc2cc(Br)ccc21. The van der Waals surface area contributed by atoms with Crippen LogP contribution in [0.25, 0.3) is 4.96 Å². The molecule has 0 spiro atoms. The van der Waals surface area contributed by atoms with Crippen LogP contribution >= 0.6 is 39.0 Å². The second-order valence-electron chi connectivity index (χ2n) is 5.70. The molecule has 1 amide bonds. The lowest BCUT2D eigenvalue weighted by atomic mass is 10.2. The summed E-state index contributed by atoms with van der Waals surface area (Å²) in [6.07, 6.45) is 2.61. The van der Waals surface area contributed by atoms with Gasteiger partial charge in [0.25, 0.3) is 5.56 Å². The molecule has 2 aromatic heterocycles. The molecule has 3 aromatic rings. The predicted molar refractivity (Wildman–Crippen MR) is 106 cm³/mol. The van der Waals surface area contributed by atoms with E-state index in [1.165, 1.54) is 33.1 Å². The highest BCUT2D eigenvalue weighted by Crippen LogP contribution is 2.31. The Hall–Kier alpha value is -1.64. The minimum Gasteiger partial charge on any atom is -0.311 e. The van der Waals surface area contributed by atoms with Crippen molar-refractivity contribution in [2.45, 2.75) is 12.2 Å². The van der Waals surface area contributed by atoms with Gasteiger partial charge in [-0.2, -0.15) is 0 Å². The first kappa shape index (κ1) is 16.8. The number of anilines is 1. The number of fused-ring (bicyclic) bond motifs is 2. The maximum Gasteiger partial charge on any atom is 0.258 e. The van der Waals surface area contributed by atoms with Crippen LogP contribution in [0.3, 0.4) is 0 Å². The van der Waals surface area contributed by atoms with Crippen molar-refractivity contribution in [2.75, 3.05) is 17.2 Å². The third-order valence-electron chi connectivity index (χ3n) is 4.07. The van der Waals surface area contributed by atoms with Crippen LogP contribution in [0.4, 0.5) is 5.69 Å². The third kappa shape index (κ3) is 3.38. The number of thioether (sulfide) groups is 1. The van der Waals surface area contributed by atoms with Gasteiger partial charge in [0, 0.05) is 40.1 Å². The Labute approximate surface area is 160 Å². The zero-order valence-corrected chi connectivity index (χ0v) is 16.4. The molecule has 1 aliphatic rings. The van der Waals surface area contributed by atoms with E-state index >= 15 is 0 Å². The second-order valence-corrected chi connectivity index (χ2v) is 8.48. The summed E-state index contributed by atoms with van der Waals surface area (Å²) in [4.78, 5) is 31.5. The van der Waals surface area contributed by atoms with Gasteiger partial charge in [-0.1, -0.05) is 15.9 Å². The van der Waals surface area contributed by atoms with Crippen LogP contribution in [0.2, 0.25) is 0 Å². The summed E-state index contributed by atoms with van der Waals surface area (Å²) in [5, 5.41) is 1.84. The molecule has 0 radical (unpaired) electrons. The van der Waals surface area contributed by atoms with Gasteiger partial charge in [0.1, 0.15) is 0 Å². The largest absolute Gasteiger partial charge is 0.311 e. The minimum absolute atomic E-state index is 0.0766. The Morgan fingerprint density at radius 3 is 3.12 bits per heavy atom. The number of carbonyl (C=O) groups excluding carboxylic acids is 1. The fraction of sp³-hybridized carbons (Fsp3) is 0.235. The smallest absolute Gasteiger partial charge is 0.258 e. The monoisotopic (exact) mass is 435 g/mol. The number of rotatable bonds is 4. The number of thiazole rings is 1. The van der Waals surface area contributed by atoms with Crippen molar-refractivity contribution in [3.63, 3.8) is 0 Å². The van der Waals surface area contributed by atoms with Crippen molar-refractivity contribution in [1.29, 1.82) is 0 Å². The van der Waals surface area contributed by atoms with Crippen LogP contribution in [0.15, 0.2) is 45.1 Å². The van der Waals surface area contributed by atoms with Gasteiger partial charge in [0.05, 0.1) is 11.4 Å². The van der Waals surface area contributed by atoms with E-state index < -0.39 is 0 Å². The molecule has 0 saturated heterocycles. The molecule has 1 aromatic carbocycles. The van der Waals surface area contributed by atoms with Crippen LogP contribution < -0.4 is 10.5 Å². The summed E-state index contributed by atoms with van der Waals surface area (Å²) in [7, 11) is 0. The molecular weight excluding hydrogens is 422 g/mol. The molecule has 0 unspecified atom stereocenters. The fourth-order valence-corrected chi connectivity index (χ4v) is 4.85. The maximum atomic E-state index is 12.5. The molecule has 0 fully saturated rings. The number of aromatic nitrogens is 2. The number of amides is 1. The summed E-state index contributed by atoms with van der Waals surface area (Å²) >= 11 is 6.39. The zero-order chi connectivity index (χ0) is 17.4. The number of carbonyl (C=O) groups is 1. The van der Waals surface area contributed by atoms with Crippen molar-refractivity contribution >= 4 is 55.6 Å². The molecular formula is C17H14BrN3O2S2. The molecule has 5 nitrogen and oxygen atoms in total. The summed E-state index contributed by atoms with van der Waals surface area (Å²) in [6, 6.07) is 7.57. The van der Waals surface area contributed by atoms with E-state index in [1.54, 1.807) is 12.3 Å². The van der Waals surface area contributed by atoms with Gasteiger partial charge in [-0.05, 0) is 30.2 Å². The first-order valence-corrected chi connectivity index (χ1v) is 10.6. The maximum absolute atomic E-state index is 12.5. The summed E-state index contributed by atoms with van der Waals surface area (Å²) in [5.41, 5.74) is 2.85. The average molecular weight is 436 g/mol. The van der Waals surface area contributed by atoms with Gasteiger partial charge in [-0.3, -0.25) is 14.0 Å². The lowest BCUT2D eigenvalue weighted by molar-refractivity contribution is -0.116. The quantitative estimate of drug-likeness (QED) is 0.630. The Morgan fingerprint density at radius 1 is 1.36 bits per heavy atom. The van der Waals surface area contributed by atoms with Gasteiger partial charge in [0.2, 0.25) is 5.91 Å². The summed E-state index contributed by atoms with van der Waals surface area (Å²) in [5.74, 6) is 1.03. The number of benzene rings is 1. The highest BCUT2D eigenvalue weighted by Gasteiger charge is 2.24. The molecule has 25 heavy (non-hydrogen) atoms. The molecule has 1 aliphatic heterocycles. The molecule has 0 atom stereocenters. The molecule has 128 valence electrons. The molecule has 4 rings (SSSR count). The molecule has 0 aliphatic carbocycles. The first-order chi connectivity index (χ1) is 12.1. The van der Waals surface area contributed by atoms with E-state index in [4.69, 9.17) is 0 Å². The highest BCUT2D eigenvalue weighted by molar-refractivity contribution is 9.10. The molecule has 0 N–H and O–H groups in total. The minimum atomic E-state index is -0.0766.